The van der Waals surface area contributed by atoms with Crippen LogP contribution in [0.2, 0.25) is 0 Å². The predicted octanol–water partition coefficient (Wildman–Crippen LogP) is 5.09. The number of alkyl halides is 1. The Hall–Kier alpha value is -1.80. The molecule has 0 radical (unpaired) electrons. The molecule has 1 unspecified atom stereocenters. The fraction of sp³-hybridized carbons (Fsp3) is 0.125. The fourth-order valence-electron chi connectivity index (χ4n) is 2.21. The third-order valence-corrected chi connectivity index (χ3v) is 3.59. The predicted molar refractivity (Wildman–Crippen MR) is 74.9 cm³/mol. The summed E-state index contributed by atoms with van der Waals surface area (Å²) < 4.78 is 19.1. The fourth-order valence-corrected chi connectivity index (χ4v) is 2.54. The summed E-state index contributed by atoms with van der Waals surface area (Å²) in [6, 6.07) is 14.4. The van der Waals surface area contributed by atoms with Crippen molar-refractivity contribution in [2.45, 2.75) is 11.8 Å². The first-order chi connectivity index (χ1) is 9.25. The van der Waals surface area contributed by atoms with Crippen LogP contribution in [-0.4, -0.2) is 0 Å². The normalized spacial score (nSPS) is 12.7. The third kappa shape index (κ3) is 2.36. The van der Waals surface area contributed by atoms with Gasteiger partial charge in [0.1, 0.15) is 11.4 Å². The van der Waals surface area contributed by atoms with Crippen LogP contribution >= 0.6 is 11.6 Å². The SMILES string of the molecule is Fc1ccccc1CC(Cl)c1coc2ccccc12. The maximum Gasteiger partial charge on any atom is 0.134 e. The van der Waals surface area contributed by atoms with E-state index in [9.17, 15) is 4.39 Å². The van der Waals surface area contributed by atoms with Crippen molar-refractivity contribution in [3.8, 4) is 0 Å². The lowest BCUT2D eigenvalue weighted by Gasteiger charge is -2.08. The van der Waals surface area contributed by atoms with Gasteiger partial charge in [-0.1, -0.05) is 36.4 Å². The quantitative estimate of drug-likeness (QED) is 0.606. The molecule has 3 heteroatoms. The summed E-state index contributed by atoms with van der Waals surface area (Å²) >= 11 is 6.41. The number of furan rings is 1. The lowest BCUT2D eigenvalue weighted by atomic mass is 10.0. The molecular weight excluding hydrogens is 263 g/mol. The molecule has 1 nitrogen and oxygen atoms in total. The Morgan fingerprint density at radius 2 is 1.79 bits per heavy atom. The van der Waals surface area contributed by atoms with Crippen molar-refractivity contribution in [3.63, 3.8) is 0 Å². The van der Waals surface area contributed by atoms with Crippen LogP contribution < -0.4 is 0 Å². The van der Waals surface area contributed by atoms with Gasteiger partial charge in [-0.2, -0.15) is 0 Å². The van der Waals surface area contributed by atoms with E-state index in [1.807, 2.05) is 30.3 Å². The number of fused-ring (bicyclic) bond motifs is 1. The van der Waals surface area contributed by atoms with Gasteiger partial charge >= 0.3 is 0 Å². The number of hydrogen-bond acceptors (Lipinski definition) is 1. The summed E-state index contributed by atoms with van der Waals surface area (Å²) in [6.07, 6.45) is 2.10. The molecule has 1 heterocycles. The van der Waals surface area contributed by atoms with Crippen molar-refractivity contribution in [3.05, 3.63) is 71.7 Å². The molecule has 0 amide bonds. The molecule has 0 N–H and O–H groups in total. The van der Waals surface area contributed by atoms with E-state index < -0.39 is 0 Å². The van der Waals surface area contributed by atoms with Crippen LogP contribution in [0.25, 0.3) is 11.0 Å². The van der Waals surface area contributed by atoms with Gasteiger partial charge in [-0.25, -0.2) is 4.39 Å². The molecule has 2 aromatic carbocycles. The Bertz CT molecular complexity index is 705. The highest BCUT2D eigenvalue weighted by Gasteiger charge is 2.16. The highest BCUT2D eigenvalue weighted by Crippen LogP contribution is 2.32. The van der Waals surface area contributed by atoms with Crippen LogP contribution in [0.1, 0.15) is 16.5 Å². The van der Waals surface area contributed by atoms with Gasteiger partial charge < -0.3 is 4.42 Å². The maximum atomic E-state index is 13.6. The average molecular weight is 275 g/mol. The Morgan fingerprint density at radius 1 is 1.05 bits per heavy atom. The maximum absolute atomic E-state index is 13.6. The van der Waals surface area contributed by atoms with Gasteiger partial charge in [0.25, 0.3) is 0 Å². The lowest BCUT2D eigenvalue weighted by Crippen LogP contribution is -1.97. The highest BCUT2D eigenvalue weighted by atomic mass is 35.5. The lowest BCUT2D eigenvalue weighted by molar-refractivity contribution is 0.599. The monoisotopic (exact) mass is 274 g/mol. The molecule has 3 rings (SSSR count). The zero-order valence-electron chi connectivity index (χ0n) is 10.1. The summed E-state index contributed by atoms with van der Waals surface area (Å²) in [6.45, 7) is 0. The molecule has 0 spiro atoms. The molecule has 0 fully saturated rings. The molecule has 96 valence electrons. The Labute approximate surface area is 115 Å². The number of rotatable bonds is 3. The molecule has 0 aliphatic heterocycles. The zero-order valence-corrected chi connectivity index (χ0v) is 10.9. The standard InChI is InChI=1S/C16H12ClFO/c17-14(9-11-5-1-3-7-15(11)18)13-10-19-16-8-4-2-6-12(13)16/h1-8,10,14H,9H2. The summed E-state index contributed by atoms with van der Waals surface area (Å²) in [5.41, 5.74) is 2.32. The molecule has 1 atom stereocenters. The van der Waals surface area contributed by atoms with Crippen LogP contribution in [0.5, 0.6) is 0 Å². The van der Waals surface area contributed by atoms with Crippen molar-refractivity contribution in [2.24, 2.45) is 0 Å². The van der Waals surface area contributed by atoms with E-state index in [2.05, 4.69) is 0 Å². The van der Waals surface area contributed by atoms with E-state index in [4.69, 9.17) is 16.0 Å². The van der Waals surface area contributed by atoms with E-state index >= 15 is 0 Å². The second-order valence-electron chi connectivity index (χ2n) is 4.45. The molecule has 1 aromatic heterocycles. The Balaban J connectivity index is 1.92. The van der Waals surface area contributed by atoms with Gasteiger partial charge in [-0.3, -0.25) is 0 Å². The van der Waals surface area contributed by atoms with Gasteiger partial charge in [0.15, 0.2) is 0 Å². The minimum Gasteiger partial charge on any atom is -0.464 e. The van der Waals surface area contributed by atoms with E-state index in [0.717, 1.165) is 16.5 Å². The Kier molecular flexibility index (Phi) is 3.26. The van der Waals surface area contributed by atoms with E-state index in [1.54, 1.807) is 18.4 Å². The summed E-state index contributed by atoms with van der Waals surface area (Å²) in [4.78, 5) is 0. The number of para-hydroxylation sites is 1. The summed E-state index contributed by atoms with van der Waals surface area (Å²) in [7, 11) is 0. The van der Waals surface area contributed by atoms with E-state index in [-0.39, 0.29) is 11.2 Å². The van der Waals surface area contributed by atoms with Crippen molar-refractivity contribution in [1.82, 2.24) is 0 Å². The average Bonchev–Trinajstić information content (AvgIpc) is 2.85. The molecular formula is C16H12ClFO. The molecule has 3 aromatic rings. The van der Waals surface area contributed by atoms with Crippen molar-refractivity contribution >= 4 is 22.6 Å². The molecule has 0 bridgehead atoms. The molecule has 0 aliphatic rings. The van der Waals surface area contributed by atoms with Crippen molar-refractivity contribution < 1.29 is 8.81 Å². The minimum atomic E-state index is -0.305. The van der Waals surface area contributed by atoms with E-state index in [0.29, 0.717) is 12.0 Å². The molecule has 0 aliphatic carbocycles. The van der Waals surface area contributed by atoms with Crippen LogP contribution in [0.15, 0.2) is 59.2 Å². The smallest absolute Gasteiger partial charge is 0.134 e. The van der Waals surface area contributed by atoms with Crippen LogP contribution in [0.4, 0.5) is 4.39 Å². The first kappa shape index (κ1) is 12.2. The number of benzene rings is 2. The van der Waals surface area contributed by atoms with E-state index in [1.165, 1.54) is 6.07 Å². The van der Waals surface area contributed by atoms with Gasteiger partial charge in [0.05, 0.1) is 11.6 Å². The van der Waals surface area contributed by atoms with Crippen LogP contribution in [0, 0.1) is 5.82 Å². The highest BCUT2D eigenvalue weighted by molar-refractivity contribution is 6.21. The molecule has 0 saturated carbocycles. The third-order valence-electron chi connectivity index (χ3n) is 3.21. The number of halogens is 2. The first-order valence-electron chi connectivity index (χ1n) is 6.09. The van der Waals surface area contributed by atoms with Gasteiger partial charge in [0, 0.05) is 10.9 Å². The van der Waals surface area contributed by atoms with Crippen molar-refractivity contribution in [1.29, 1.82) is 0 Å². The zero-order chi connectivity index (χ0) is 13.2. The van der Waals surface area contributed by atoms with Gasteiger partial charge in [-0.15, -0.1) is 11.6 Å². The largest absolute Gasteiger partial charge is 0.464 e. The van der Waals surface area contributed by atoms with Crippen LogP contribution in [-0.2, 0) is 6.42 Å². The second-order valence-corrected chi connectivity index (χ2v) is 4.98. The van der Waals surface area contributed by atoms with Crippen molar-refractivity contribution in [2.75, 3.05) is 0 Å². The Morgan fingerprint density at radius 3 is 2.63 bits per heavy atom. The number of hydrogen-bond donors (Lipinski definition) is 0. The molecule has 19 heavy (non-hydrogen) atoms. The summed E-state index contributed by atoms with van der Waals surface area (Å²) in [5.74, 6) is -0.221. The second kappa shape index (κ2) is 5.06. The topological polar surface area (TPSA) is 13.1 Å². The molecule has 0 saturated heterocycles. The first-order valence-corrected chi connectivity index (χ1v) is 6.53. The van der Waals surface area contributed by atoms with Crippen LogP contribution in [0.3, 0.4) is 0 Å². The summed E-state index contributed by atoms with van der Waals surface area (Å²) in [5, 5.41) is 0.680. The van der Waals surface area contributed by atoms with Gasteiger partial charge in [-0.05, 0) is 24.1 Å². The minimum absolute atomic E-state index is 0.221. The van der Waals surface area contributed by atoms with Gasteiger partial charge in [0.2, 0.25) is 0 Å².